The van der Waals surface area contributed by atoms with E-state index in [1.165, 1.54) is 0 Å². The van der Waals surface area contributed by atoms with Gasteiger partial charge in [-0.1, -0.05) is 42.5 Å². The fraction of sp³-hybridized carbons (Fsp3) is 0.150. The molecule has 0 fully saturated rings. The second-order valence-electron chi connectivity index (χ2n) is 5.82. The smallest absolute Gasteiger partial charge is 0.225 e. The normalized spacial score (nSPS) is 10.3. The number of hydrogen-bond donors (Lipinski definition) is 2. The van der Waals surface area contributed by atoms with Crippen LogP contribution in [-0.4, -0.2) is 15.8 Å². The highest BCUT2D eigenvalue weighted by atomic mass is 16.1. The topological polar surface area (TPSA) is 66.9 Å². The monoisotopic (exact) mass is 332 g/mol. The molecule has 0 bridgehead atoms. The van der Waals surface area contributed by atoms with Crippen LogP contribution in [-0.2, 0) is 6.54 Å². The van der Waals surface area contributed by atoms with E-state index >= 15 is 0 Å². The number of nitrogens with zero attached hydrogens (tertiary/aromatic N) is 2. The van der Waals surface area contributed by atoms with E-state index in [4.69, 9.17) is 0 Å². The molecule has 0 aliphatic heterocycles. The van der Waals surface area contributed by atoms with E-state index in [2.05, 4.69) is 32.7 Å². The summed E-state index contributed by atoms with van der Waals surface area (Å²) in [6, 6.07) is 19.3. The molecule has 5 heteroatoms. The first kappa shape index (κ1) is 16.6. The first-order chi connectivity index (χ1) is 12.1. The van der Waals surface area contributed by atoms with Crippen molar-refractivity contribution in [2.24, 2.45) is 0 Å². The van der Waals surface area contributed by atoms with E-state index in [0.717, 1.165) is 16.9 Å². The number of carbonyl (C=O) groups is 1. The standard InChI is InChI=1S/C20H20N4O/c1-14-11-19(23-18-10-6-9-17(12-18)15(2)25)24-20(22-14)21-13-16-7-4-3-5-8-16/h3-12H,13H2,1-2H3,(H2,21,22,23,24). The lowest BCUT2D eigenvalue weighted by Gasteiger charge is -2.10. The van der Waals surface area contributed by atoms with Crippen LogP contribution in [0.2, 0.25) is 0 Å². The molecule has 2 N–H and O–H groups in total. The summed E-state index contributed by atoms with van der Waals surface area (Å²) in [6.45, 7) is 4.13. The Labute approximate surface area is 147 Å². The van der Waals surface area contributed by atoms with Crippen molar-refractivity contribution in [3.05, 3.63) is 77.5 Å². The Balaban J connectivity index is 1.75. The third kappa shape index (κ3) is 4.64. The number of rotatable bonds is 6. The van der Waals surface area contributed by atoms with Crippen molar-refractivity contribution in [3.63, 3.8) is 0 Å². The quantitative estimate of drug-likeness (QED) is 0.657. The van der Waals surface area contributed by atoms with Gasteiger partial charge in [-0.2, -0.15) is 4.98 Å². The molecule has 126 valence electrons. The van der Waals surface area contributed by atoms with Gasteiger partial charge in [0.1, 0.15) is 5.82 Å². The van der Waals surface area contributed by atoms with Crippen molar-refractivity contribution >= 4 is 23.2 Å². The largest absolute Gasteiger partial charge is 0.350 e. The maximum absolute atomic E-state index is 11.5. The second-order valence-corrected chi connectivity index (χ2v) is 5.82. The summed E-state index contributed by atoms with van der Waals surface area (Å²) >= 11 is 0. The molecule has 1 heterocycles. The molecule has 0 saturated heterocycles. The van der Waals surface area contributed by atoms with Gasteiger partial charge in [0.05, 0.1) is 0 Å². The van der Waals surface area contributed by atoms with Crippen molar-refractivity contribution in [3.8, 4) is 0 Å². The van der Waals surface area contributed by atoms with Crippen molar-refractivity contribution < 1.29 is 4.79 Å². The van der Waals surface area contributed by atoms with Gasteiger partial charge in [0.2, 0.25) is 5.95 Å². The maximum atomic E-state index is 11.5. The highest BCUT2D eigenvalue weighted by Crippen LogP contribution is 2.18. The number of aryl methyl sites for hydroxylation is 1. The summed E-state index contributed by atoms with van der Waals surface area (Å²) < 4.78 is 0. The summed E-state index contributed by atoms with van der Waals surface area (Å²) in [5, 5.41) is 6.48. The first-order valence-electron chi connectivity index (χ1n) is 8.12. The Hall–Kier alpha value is -3.21. The van der Waals surface area contributed by atoms with Crippen molar-refractivity contribution in [1.29, 1.82) is 0 Å². The summed E-state index contributed by atoms with van der Waals surface area (Å²) in [4.78, 5) is 20.4. The van der Waals surface area contributed by atoms with E-state index in [9.17, 15) is 4.79 Å². The molecule has 1 aromatic heterocycles. The van der Waals surface area contributed by atoms with Crippen LogP contribution in [0.4, 0.5) is 17.5 Å². The van der Waals surface area contributed by atoms with Gasteiger partial charge in [0.15, 0.2) is 5.78 Å². The minimum absolute atomic E-state index is 0.0349. The van der Waals surface area contributed by atoms with Gasteiger partial charge in [-0.25, -0.2) is 4.98 Å². The zero-order valence-electron chi connectivity index (χ0n) is 14.3. The van der Waals surface area contributed by atoms with Gasteiger partial charge in [-0.15, -0.1) is 0 Å². The van der Waals surface area contributed by atoms with Crippen molar-refractivity contribution in [1.82, 2.24) is 9.97 Å². The SMILES string of the molecule is CC(=O)c1cccc(Nc2cc(C)nc(NCc3ccccc3)n2)c1. The molecule has 3 rings (SSSR count). The average molecular weight is 332 g/mol. The van der Waals surface area contributed by atoms with Crippen molar-refractivity contribution in [2.45, 2.75) is 20.4 Å². The molecule has 3 aromatic rings. The summed E-state index contributed by atoms with van der Waals surface area (Å²) in [5.41, 5.74) is 3.50. The number of hydrogen-bond acceptors (Lipinski definition) is 5. The van der Waals surface area contributed by atoms with Crippen LogP contribution >= 0.6 is 0 Å². The maximum Gasteiger partial charge on any atom is 0.225 e. The number of carbonyl (C=O) groups excluding carboxylic acids is 1. The van der Waals surface area contributed by atoms with Crippen LogP contribution in [0.3, 0.4) is 0 Å². The average Bonchev–Trinajstić information content (AvgIpc) is 2.60. The predicted octanol–water partition coefficient (Wildman–Crippen LogP) is 4.34. The zero-order chi connectivity index (χ0) is 17.6. The number of anilines is 3. The molecule has 0 atom stereocenters. The van der Waals surface area contributed by atoms with Gasteiger partial charge in [-0.05, 0) is 31.5 Å². The van der Waals surface area contributed by atoms with Crippen LogP contribution < -0.4 is 10.6 Å². The van der Waals surface area contributed by atoms with E-state index in [-0.39, 0.29) is 5.78 Å². The van der Waals surface area contributed by atoms with Crippen LogP contribution in [0, 0.1) is 6.92 Å². The van der Waals surface area contributed by atoms with Gasteiger partial charge in [0.25, 0.3) is 0 Å². The fourth-order valence-corrected chi connectivity index (χ4v) is 2.45. The lowest BCUT2D eigenvalue weighted by Crippen LogP contribution is -2.06. The molecule has 0 radical (unpaired) electrons. The zero-order valence-corrected chi connectivity index (χ0v) is 14.3. The van der Waals surface area contributed by atoms with Crippen LogP contribution in [0.15, 0.2) is 60.7 Å². The molecule has 0 spiro atoms. The minimum Gasteiger partial charge on any atom is -0.350 e. The Morgan fingerprint density at radius 3 is 2.56 bits per heavy atom. The van der Waals surface area contributed by atoms with Crippen LogP contribution in [0.5, 0.6) is 0 Å². The number of benzene rings is 2. The van der Waals surface area contributed by atoms with E-state index in [1.54, 1.807) is 13.0 Å². The Morgan fingerprint density at radius 1 is 1.00 bits per heavy atom. The fourth-order valence-electron chi connectivity index (χ4n) is 2.45. The van der Waals surface area contributed by atoms with E-state index in [0.29, 0.717) is 23.9 Å². The third-order valence-electron chi connectivity index (χ3n) is 3.69. The molecule has 0 unspecified atom stereocenters. The summed E-state index contributed by atoms with van der Waals surface area (Å²) in [7, 11) is 0. The Morgan fingerprint density at radius 2 is 1.80 bits per heavy atom. The molecule has 0 amide bonds. The minimum atomic E-state index is 0.0349. The number of ketones is 1. The summed E-state index contributed by atoms with van der Waals surface area (Å²) in [6.07, 6.45) is 0. The summed E-state index contributed by atoms with van der Waals surface area (Å²) in [5.74, 6) is 1.28. The van der Waals surface area contributed by atoms with E-state index in [1.807, 2.05) is 49.4 Å². The van der Waals surface area contributed by atoms with Gasteiger partial charge < -0.3 is 10.6 Å². The first-order valence-corrected chi connectivity index (χ1v) is 8.12. The number of Topliss-reactive ketones (excluding diaryl/α,β-unsaturated/α-hetero) is 1. The molecule has 0 aliphatic rings. The highest BCUT2D eigenvalue weighted by Gasteiger charge is 2.05. The molecule has 0 aliphatic carbocycles. The van der Waals surface area contributed by atoms with Crippen LogP contribution in [0.1, 0.15) is 28.5 Å². The van der Waals surface area contributed by atoms with Gasteiger partial charge in [-0.3, -0.25) is 4.79 Å². The molecule has 25 heavy (non-hydrogen) atoms. The molecule has 0 saturated carbocycles. The molecule has 2 aromatic carbocycles. The lowest BCUT2D eigenvalue weighted by atomic mass is 10.1. The lowest BCUT2D eigenvalue weighted by molar-refractivity contribution is 0.101. The van der Waals surface area contributed by atoms with Crippen LogP contribution in [0.25, 0.3) is 0 Å². The predicted molar refractivity (Wildman–Crippen MR) is 100 cm³/mol. The molecular weight excluding hydrogens is 312 g/mol. The number of aromatic nitrogens is 2. The number of nitrogens with one attached hydrogen (secondary N) is 2. The van der Waals surface area contributed by atoms with Gasteiger partial charge in [0, 0.05) is 29.6 Å². The Bertz CT molecular complexity index is 878. The Kier molecular flexibility index (Phi) is 5.04. The van der Waals surface area contributed by atoms with Gasteiger partial charge >= 0.3 is 0 Å². The van der Waals surface area contributed by atoms with Crippen molar-refractivity contribution in [2.75, 3.05) is 10.6 Å². The molecule has 5 nitrogen and oxygen atoms in total. The highest BCUT2D eigenvalue weighted by molar-refractivity contribution is 5.95. The van der Waals surface area contributed by atoms with E-state index < -0.39 is 0 Å². The second kappa shape index (κ2) is 7.57. The molecular formula is C20H20N4O. The third-order valence-corrected chi connectivity index (χ3v) is 3.69.